The van der Waals surface area contributed by atoms with Gasteiger partial charge in [0, 0.05) is 39.0 Å². The molecule has 0 amide bonds. The molecule has 0 spiro atoms. The normalized spacial score (nSPS) is 11.8. The van der Waals surface area contributed by atoms with E-state index in [0.29, 0.717) is 0 Å². The summed E-state index contributed by atoms with van der Waals surface area (Å²) in [6, 6.07) is 55.6. The Hall–Kier alpha value is -6.52. The van der Waals surface area contributed by atoms with Crippen LogP contribution in [0.25, 0.3) is 93.9 Å². The molecule has 0 aliphatic heterocycles. The molecule has 0 saturated heterocycles. The van der Waals surface area contributed by atoms with Crippen LogP contribution in [0.3, 0.4) is 0 Å². The number of rotatable bonds is 4. The molecule has 10 aromatic rings. The van der Waals surface area contributed by atoms with Crippen LogP contribution in [-0.2, 0) is 0 Å². The van der Waals surface area contributed by atoms with Crippen LogP contribution < -0.4 is 0 Å². The van der Waals surface area contributed by atoms with Crippen LogP contribution in [0.1, 0.15) is 0 Å². The third kappa shape index (κ3) is 4.16. The number of benzene rings is 7. The molecule has 4 nitrogen and oxygen atoms in total. The molecule has 0 atom stereocenters. The second-order valence-electron chi connectivity index (χ2n) is 12.3. The van der Waals surface area contributed by atoms with Crippen molar-refractivity contribution >= 4 is 49.1 Å². The highest BCUT2D eigenvalue weighted by Crippen LogP contribution is 2.38. The summed E-state index contributed by atoms with van der Waals surface area (Å²) in [7, 11) is 0. The van der Waals surface area contributed by atoms with Crippen LogP contribution in [0.4, 0.5) is 0 Å². The van der Waals surface area contributed by atoms with Gasteiger partial charge in [0.2, 0.25) is 0 Å². The van der Waals surface area contributed by atoms with Gasteiger partial charge in [-0.1, -0.05) is 146 Å². The largest absolute Gasteiger partial charge is 0.455 e. The van der Waals surface area contributed by atoms with Crippen molar-refractivity contribution in [3.05, 3.63) is 164 Å². The Morgan fingerprint density at radius 1 is 0.417 bits per heavy atom. The van der Waals surface area contributed by atoms with Crippen LogP contribution in [-0.4, -0.2) is 14.6 Å². The maximum absolute atomic E-state index is 6.32. The minimum Gasteiger partial charge on any atom is -0.455 e. The van der Waals surface area contributed by atoms with E-state index in [-0.39, 0.29) is 0 Å². The number of para-hydroxylation sites is 2. The fourth-order valence-electron chi connectivity index (χ4n) is 7.12. The SMILES string of the molecule is c1ccc2cc(-c3ccc(-c4cn5c(-c6ccc(-c7cccc8c7oc7ccccc78)cc6)nnc5c5ccccc45)cc3)ccc2c1. The Morgan fingerprint density at radius 3 is 1.88 bits per heavy atom. The standard InChI is InChI=1S/C44H27N3O/c1-2-9-33-26-34(25-18-28(33)8-1)29-16-19-31(20-17-29)40-27-47-43(45-46-44(47)39-12-4-3-10-36(39)40)32-23-21-30(22-24-32)35-13-7-14-38-37-11-5-6-15-41(37)48-42(35)38/h1-27H. The fraction of sp³-hybridized carbons (Fsp3) is 0. The maximum Gasteiger partial charge on any atom is 0.169 e. The van der Waals surface area contributed by atoms with Crippen molar-refractivity contribution in [2.45, 2.75) is 0 Å². The molecular formula is C44H27N3O. The molecule has 4 heteroatoms. The summed E-state index contributed by atoms with van der Waals surface area (Å²) in [5.41, 5.74) is 10.5. The second kappa shape index (κ2) is 10.5. The van der Waals surface area contributed by atoms with Crippen LogP contribution >= 0.6 is 0 Å². The van der Waals surface area contributed by atoms with Gasteiger partial charge in [0.25, 0.3) is 0 Å². The fourth-order valence-corrected chi connectivity index (χ4v) is 7.12. The van der Waals surface area contributed by atoms with E-state index in [9.17, 15) is 0 Å². The number of nitrogens with zero attached hydrogens (tertiary/aromatic N) is 3. The number of pyridine rings is 1. The van der Waals surface area contributed by atoms with Crippen LogP contribution in [0.5, 0.6) is 0 Å². The average molecular weight is 614 g/mol. The highest BCUT2D eigenvalue weighted by Gasteiger charge is 2.16. The van der Waals surface area contributed by atoms with E-state index in [2.05, 4.69) is 161 Å². The Bertz CT molecular complexity index is 2820. The quantitative estimate of drug-likeness (QED) is 0.198. The predicted octanol–water partition coefficient (Wildman–Crippen LogP) is 11.6. The lowest BCUT2D eigenvalue weighted by atomic mass is 9.96. The van der Waals surface area contributed by atoms with Crippen LogP contribution in [0.15, 0.2) is 168 Å². The molecule has 0 saturated carbocycles. The summed E-state index contributed by atoms with van der Waals surface area (Å²) in [6.07, 6.45) is 2.18. The Labute approximate surface area is 276 Å². The second-order valence-corrected chi connectivity index (χ2v) is 12.3. The zero-order valence-electron chi connectivity index (χ0n) is 25.8. The number of fused-ring (bicyclic) bond motifs is 7. The van der Waals surface area contributed by atoms with E-state index in [1.807, 2.05) is 12.1 Å². The highest BCUT2D eigenvalue weighted by atomic mass is 16.3. The van der Waals surface area contributed by atoms with Crippen molar-refractivity contribution in [2.24, 2.45) is 0 Å². The summed E-state index contributed by atoms with van der Waals surface area (Å²) in [5, 5.41) is 16.4. The number of hydrogen-bond acceptors (Lipinski definition) is 3. The molecule has 3 heterocycles. The van der Waals surface area contributed by atoms with Gasteiger partial charge in [0.1, 0.15) is 11.2 Å². The van der Waals surface area contributed by atoms with Crippen molar-refractivity contribution in [2.75, 3.05) is 0 Å². The van der Waals surface area contributed by atoms with Gasteiger partial charge in [0.05, 0.1) is 0 Å². The third-order valence-electron chi connectivity index (χ3n) is 9.55. The molecule has 0 aliphatic rings. The third-order valence-corrected chi connectivity index (χ3v) is 9.55. The van der Waals surface area contributed by atoms with Crippen LogP contribution in [0, 0.1) is 0 Å². The van der Waals surface area contributed by atoms with Gasteiger partial charge in [-0.3, -0.25) is 4.40 Å². The van der Waals surface area contributed by atoms with Crippen molar-refractivity contribution in [3.8, 4) is 44.8 Å². The summed E-state index contributed by atoms with van der Waals surface area (Å²) in [5.74, 6) is 0.804. The van der Waals surface area contributed by atoms with Gasteiger partial charge >= 0.3 is 0 Å². The molecule has 0 bridgehead atoms. The molecule has 0 radical (unpaired) electrons. The summed E-state index contributed by atoms with van der Waals surface area (Å²) >= 11 is 0. The number of aromatic nitrogens is 3. The predicted molar refractivity (Wildman–Crippen MR) is 197 cm³/mol. The smallest absolute Gasteiger partial charge is 0.169 e. The minimum absolute atomic E-state index is 0.804. The van der Waals surface area contributed by atoms with Crippen molar-refractivity contribution in [1.82, 2.24) is 14.6 Å². The molecule has 10 rings (SSSR count). The first-order valence-corrected chi connectivity index (χ1v) is 16.2. The molecule has 48 heavy (non-hydrogen) atoms. The van der Waals surface area contributed by atoms with Crippen molar-refractivity contribution < 1.29 is 4.42 Å². The van der Waals surface area contributed by atoms with Gasteiger partial charge in [-0.25, -0.2) is 0 Å². The monoisotopic (exact) mass is 613 g/mol. The van der Waals surface area contributed by atoms with Gasteiger partial charge < -0.3 is 4.42 Å². The summed E-state index contributed by atoms with van der Waals surface area (Å²) in [6.45, 7) is 0. The average Bonchev–Trinajstić information content (AvgIpc) is 3.77. The van der Waals surface area contributed by atoms with E-state index in [1.54, 1.807) is 0 Å². The van der Waals surface area contributed by atoms with Gasteiger partial charge in [0.15, 0.2) is 11.5 Å². The van der Waals surface area contributed by atoms with Gasteiger partial charge in [-0.15, -0.1) is 10.2 Å². The first-order chi connectivity index (χ1) is 23.8. The topological polar surface area (TPSA) is 43.3 Å². The first kappa shape index (κ1) is 26.7. The van der Waals surface area contributed by atoms with E-state index < -0.39 is 0 Å². The van der Waals surface area contributed by atoms with Gasteiger partial charge in [-0.05, 0) is 50.5 Å². The highest BCUT2D eigenvalue weighted by molar-refractivity contribution is 6.09. The van der Waals surface area contributed by atoms with E-state index in [0.717, 1.165) is 72.0 Å². The molecule has 0 aliphatic carbocycles. The molecule has 7 aromatic carbocycles. The number of hydrogen-bond donors (Lipinski definition) is 0. The van der Waals surface area contributed by atoms with Crippen molar-refractivity contribution in [3.63, 3.8) is 0 Å². The van der Waals surface area contributed by atoms with E-state index in [1.165, 1.54) is 21.9 Å². The minimum atomic E-state index is 0.804. The zero-order valence-corrected chi connectivity index (χ0v) is 25.8. The van der Waals surface area contributed by atoms with Crippen LogP contribution in [0.2, 0.25) is 0 Å². The Balaban J connectivity index is 1.06. The summed E-state index contributed by atoms with van der Waals surface area (Å²) in [4.78, 5) is 0. The maximum atomic E-state index is 6.32. The lowest BCUT2D eigenvalue weighted by molar-refractivity contribution is 0.670. The van der Waals surface area contributed by atoms with E-state index in [4.69, 9.17) is 9.52 Å². The lowest BCUT2D eigenvalue weighted by Crippen LogP contribution is -1.94. The zero-order chi connectivity index (χ0) is 31.6. The molecule has 0 unspecified atom stereocenters. The molecule has 0 N–H and O–H groups in total. The Morgan fingerprint density at radius 2 is 1.04 bits per heavy atom. The molecule has 0 fully saturated rings. The molecule has 3 aromatic heterocycles. The lowest BCUT2D eigenvalue weighted by Gasteiger charge is -2.11. The first-order valence-electron chi connectivity index (χ1n) is 16.2. The van der Waals surface area contributed by atoms with Gasteiger partial charge in [-0.2, -0.15) is 0 Å². The van der Waals surface area contributed by atoms with E-state index >= 15 is 0 Å². The summed E-state index contributed by atoms with van der Waals surface area (Å²) < 4.78 is 8.45. The molecule has 224 valence electrons. The van der Waals surface area contributed by atoms with Crippen molar-refractivity contribution in [1.29, 1.82) is 0 Å². The Kier molecular flexibility index (Phi) is 5.84. The number of furan rings is 1. The molecular weight excluding hydrogens is 587 g/mol.